The highest BCUT2D eigenvalue weighted by molar-refractivity contribution is 5.57. The molecule has 1 rings (SSSR count). The van der Waals surface area contributed by atoms with E-state index in [2.05, 4.69) is 5.10 Å². The molecule has 0 saturated heterocycles. The maximum Gasteiger partial charge on any atom is 0.218 e. The Morgan fingerprint density at radius 3 is 2.85 bits per heavy atom. The fourth-order valence-electron chi connectivity index (χ4n) is 1.27. The molecule has 0 fully saturated rings. The standard InChI is InChI=1S/C9H15N3O/c1-7-8(5-4-6-10)9(13-3)12(2)11-7/h4-5H,6,10H2,1-3H3/b5-4+. The van der Waals surface area contributed by atoms with Gasteiger partial charge in [-0.1, -0.05) is 12.2 Å². The molecular formula is C9H15N3O. The summed E-state index contributed by atoms with van der Waals surface area (Å²) in [5, 5.41) is 4.23. The molecule has 2 N–H and O–H groups in total. The van der Waals surface area contributed by atoms with Gasteiger partial charge in [0.15, 0.2) is 0 Å². The minimum atomic E-state index is 0.525. The summed E-state index contributed by atoms with van der Waals surface area (Å²) in [6, 6.07) is 0. The van der Waals surface area contributed by atoms with Crippen LogP contribution in [0.1, 0.15) is 11.3 Å². The molecule has 0 aliphatic rings. The van der Waals surface area contributed by atoms with Crippen molar-refractivity contribution in [2.75, 3.05) is 13.7 Å². The largest absolute Gasteiger partial charge is 0.481 e. The van der Waals surface area contributed by atoms with Crippen LogP contribution >= 0.6 is 0 Å². The van der Waals surface area contributed by atoms with Gasteiger partial charge in [0, 0.05) is 13.6 Å². The highest BCUT2D eigenvalue weighted by Crippen LogP contribution is 2.21. The van der Waals surface area contributed by atoms with E-state index in [1.54, 1.807) is 11.8 Å². The van der Waals surface area contributed by atoms with Crippen molar-refractivity contribution in [1.29, 1.82) is 0 Å². The van der Waals surface area contributed by atoms with Gasteiger partial charge in [0.2, 0.25) is 5.88 Å². The van der Waals surface area contributed by atoms with E-state index in [0.29, 0.717) is 6.54 Å². The smallest absolute Gasteiger partial charge is 0.218 e. The summed E-state index contributed by atoms with van der Waals surface area (Å²) in [4.78, 5) is 0. The number of ether oxygens (including phenoxy) is 1. The second kappa shape index (κ2) is 4.09. The van der Waals surface area contributed by atoms with Gasteiger partial charge < -0.3 is 10.5 Å². The zero-order chi connectivity index (χ0) is 9.84. The molecule has 0 aliphatic heterocycles. The maximum absolute atomic E-state index is 5.37. The van der Waals surface area contributed by atoms with Crippen LogP contribution in [0.5, 0.6) is 5.88 Å². The Morgan fingerprint density at radius 2 is 2.31 bits per heavy atom. The zero-order valence-corrected chi connectivity index (χ0v) is 8.24. The number of rotatable bonds is 3. The second-order valence-electron chi connectivity index (χ2n) is 2.77. The summed E-state index contributed by atoms with van der Waals surface area (Å²) in [6.07, 6.45) is 3.81. The first-order valence-electron chi connectivity index (χ1n) is 4.15. The van der Waals surface area contributed by atoms with Crippen LogP contribution in [0.15, 0.2) is 6.08 Å². The van der Waals surface area contributed by atoms with E-state index in [-0.39, 0.29) is 0 Å². The van der Waals surface area contributed by atoms with E-state index in [4.69, 9.17) is 10.5 Å². The molecule has 4 heteroatoms. The molecule has 0 saturated carbocycles. The minimum Gasteiger partial charge on any atom is -0.481 e. The topological polar surface area (TPSA) is 53.1 Å². The first kappa shape index (κ1) is 9.80. The summed E-state index contributed by atoms with van der Waals surface area (Å²) in [5.74, 6) is 0.766. The lowest BCUT2D eigenvalue weighted by Crippen LogP contribution is -1.96. The lowest BCUT2D eigenvalue weighted by Gasteiger charge is -2.00. The van der Waals surface area contributed by atoms with Crippen molar-refractivity contribution in [3.63, 3.8) is 0 Å². The van der Waals surface area contributed by atoms with Gasteiger partial charge in [0.25, 0.3) is 0 Å². The van der Waals surface area contributed by atoms with Crippen LogP contribution < -0.4 is 10.5 Å². The van der Waals surface area contributed by atoms with Gasteiger partial charge in [0.1, 0.15) is 0 Å². The number of hydrogen-bond donors (Lipinski definition) is 1. The van der Waals surface area contributed by atoms with Gasteiger partial charge in [-0.05, 0) is 6.92 Å². The SMILES string of the molecule is COc1c(/C=C/CN)c(C)nn1C. The molecule has 0 bridgehead atoms. The molecule has 13 heavy (non-hydrogen) atoms. The summed E-state index contributed by atoms with van der Waals surface area (Å²) in [7, 11) is 3.49. The highest BCUT2D eigenvalue weighted by Gasteiger charge is 2.09. The Balaban J connectivity index is 3.09. The number of aromatic nitrogens is 2. The molecule has 0 aromatic carbocycles. The van der Waals surface area contributed by atoms with E-state index in [1.807, 2.05) is 26.1 Å². The van der Waals surface area contributed by atoms with Crippen molar-refractivity contribution in [1.82, 2.24) is 9.78 Å². The Kier molecular flexibility index (Phi) is 3.08. The van der Waals surface area contributed by atoms with Crippen molar-refractivity contribution in [2.45, 2.75) is 6.92 Å². The summed E-state index contributed by atoms with van der Waals surface area (Å²) >= 11 is 0. The van der Waals surface area contributed by atoms with Gasteiger partial charge >= 0.3 is 0 Å². The Labute approximate surface area is 78.0 Å². The van der Waals surface area contributed by atoms with E-state index in [1.165, 1.54) is 0 Å². The fraction of sp³-hybridized carbons (Fsp3) is 0.444. The average Bonchev–Trinajstić information content (AvgIpc) is 2.37. The van der Waals surface area contributed by atoms with Gasteiger partial charge in [0.05, 0.1) is 18.4 Å². The summed E-state index contributed by atoms with van der Waals surface area (Å²) in [6.45, 7) is 2.47. The third kappa shape index (κ3) is 1.89. The van der Waals surface area contributed by atoms with Crippen LogP contribution in [0, 0.1) is 6.92 Å². The third-order valence-electron chi connectivity index (χ3n) is 1.83. The van der Waals surface area contributed by atoms with Crippen LogP contribution in [0.25, 0.3) is 6.08 Å². The van der Waals surface area contributed by atoms with Gasteiger partial charge in [-0.15, -0.1) is 0 Å². The van der Waals surface area contributed by atoms with Gasteiger partial charge in [-0.25, -0.2) is 4.68 Å². The van der Waals surface area contributed by atoms with E-state index < -0.39 is 0 Å². The van der Waals surface area contributed by atoms with Crippen LogP contribution in [-0.4, -0.2) is 23.4 Å². The molecular weight excluding hydrogens is 166 g/mol. The quantitative estimate of drug-likeness (QED) is 0.747. The molecule has 0 spiro atoms. The molecule has 0 aliphatic carbocycles. The van der Waals surface area contributed by atoms with Crippen LogP contribution in [0.3, 0.4) is 0 Å². The number of hydrogen-bond acceptors (Lipinski definition) is 3. The average molecular weight is 181 g/mol. The van der Waals surface area contributed by atoms with Gasteiger partial charge in [-0.2, -0.15) is 5.10 Å². The van der Waals surface area contributed by atoms with E-state index in [9.17, 15) is 0 Å². The van der Waals surface area contributed by atoms with Crippen molar-refractivity contribution < 1.29 is 4.74 Å². The van der Waals surface area contributed by atoms with Crippen LogP contribution in [-0.2, 0) is 7.05 Å². The van der Waals surface area contributed by atoms with Crippen molar-refractivity contribution in [2.24, 2.45) is 12.8 Å². The fourth-order valence-corrected chi connectivity index (χ4v) is 1.27. The monoisotopic (exact) mass is 181 g/mol. The first-order chi connectivity index (χ1) is 6.20. The Hall–Kier alpha value is -1.29. The van der Waals surface area contributed by atoms with E-state index >= 15 is 0 Å². The molecule has 72 valence electrons. The molecule has 1 aromatic rings. The Morgan fingerprint density at radius 1 is 1.62 bits per heavy atom. The summed E-state index contributed by atoms with van der Waals surface area (Å²) in [5.41, 5.74) is 7.31. The van der Waals surface area contributed by atoms with Crippen LogP contribution in [0.4, 0.5) is 0 Å². The molecule has 0 unspecified atom stereocenters. The van der Waals surface area contributed by atoms with E-state index in [0.717, 1.165) is 17.1 Å². The van der Waals surface area contributed by atoms with Crippen LogP contribution in [0.2, 0.25) is 0 Å². The van der Waals surface area contributed by atoms with Gasteiger partial charge in [-0.3, -0.25) is 0 Å². The number of aryl methyl sites for hydroxylation is 2. The molecule has 0 amide bonds. The lowest BCUT2D eigenvalue weighted by atomic mass is 10.2. The lowest BCUT2D eigenvalue weighted by molar-refractivity contribution is 0.372. The molecule has 4 nitrogen and oxygen atoms in total. The van der Waals surface area contributed by atoms with Crippen molar-refractivity contribution >= 4 is 6.08 Å². The van der Waals surface area contributed by atoms with Crippen molar-refractivity contribution in [3.8, 4) is 5.88 Å². The normalized spacial score (nSPS) is 11.1. The predicted octanol–water partition coefficient (Wildman–Crippen LogP) is 0.709. The number of nitrogens with two attached hydrogens (primary N) is 1. The zero-order valence-electron chi connectivity index (χ0n) is 8.24. The summed E-state index contributed by atoms with van der Waals surface area (Å²) < 4.78 is 6.92. The first-order valence-corrected chi connectivity index (χ1v) is 4.15. The number of nitrogens with zero attached hydrogens (tertiary/aromatic N) is 2. The minimum absolute atomic E-state index is 0.525. The highest BCUT2D eigenvalue weighted by atomic mass is 16.5. The number of methoxy groups -OCH3 is 1. The second-order valence-corrected chi connectivity index (χ2v) is 2.77. The molecule has 1 heterocycles. The maximum atomic E-state index is 5.37. The van der Waals surface area contributed by atoms with Crippen molar-refractivity contribution in [3.05, 3.63) is 17.3 Å². The molecule has 0 radical (unpaired) electrons. The predicted molar refractivity (Wildman–Crippen MR) is 52.6 cm³/mol. The molecule has 0 atom stereocenters. The molecule has 1 aromatic heterocycles. The third-order valence-corrected chi connectivity index (χ3v) is 1.83. The Bertz CT molecular complexity index is 315.